The SMILES string of the molecule is COC(=O)CC#Cc1cc(N)c(C)c(C(=O)OC)c1. The lowest BCUT2D eigenvalue weighted by Crippen LogP contribution is -2.06. The number of hydrogen-bond donors (Lipinski definition) is 1. The molecule has 0 bridgehead atoms. The standard InChI is InChI=1S/C14H15NO4/c1-9-11(14(17)19-3)7-10(8-12(9)15)5-4-6-13(16)18-2/h7-8H,6,15H2,1-3H3. The molecule has 0 heterocycles. The van der Waals surface area contributed by atoms with E-state index in [1.807, 2.05) is 0 Å². The van der Waals surface area contributed by atoms with Gasteiger partial charge in [-0.3, -0.25) is 4.79 Å². The fourth-order valence-corrected chi connectivity index (χ4v) is 1.42. The smallest absolute Gasteiger partial charge is 0.338 e. The molecule has 0 atom stereocenters. The molecule has 0 spiro atoms. The second-order valence-electron chi connectivity index (χ2n) is 3.78. The highest BCUT2D eigenvalue weighted by molar-refractivity contribution is 5.93. The minimum atomic E-state index is -0.471. The zero-order valence-electron chi connectivity index (χ0n) is 11.1. The largest absolute Gasteiger partial charge is 0.468 e. The average molecular weight is 261 g/mol. The molecule has 0 saturated carbocycles. The number of carbonyl (C=O) groups excluding carboxylic acids is 2. The van der Waals surface area contributed by atoms with Gasteiger partial charge in [-0.05, 0) is 24.6 Å². The van der Waals surface area contributed by atoms with Crippen molar-refractivity contribution in [1.82, 2.24) is 0 Å². The summed E-state index contributed by atoms with van der Waals surface area (Å²) in [5, 5.41) is 0. The van der Waals surface area contributed by atoms with Crippen LogP contribution < -0.4 is 5.73 Å². The third-order valence-electron chi connectivity index (χ3n) is 2.55. The normalized spacial score (nSPS) is 9.21. The summed E-state index contributed by atoms with van der Waals surface area (Å²) in [5.41, 5.74) is 7.81. The van der Waals surface area contributed by atoms with Gasteiger partial charge in [-0.2, -0.15) is 0 Å². The Hall–Kier alpha value is -2.48. The lowest BCUT2D eigenvalue weighted by molar-refractivity contribution is -0.139. The number of nitrogen functional groups attached to an aromatic ring is 1. The molecule has 5 nitrogen and oxygen atoms in total. The number of rotatable bonds is 2. The number of esters is 2. The molecule has 5 heteroatoms. The van der Waals surface area contributed by atoms with Crippen molar-refractivity contribution in [3.8, 4) is 11.8 Å². The Balaban J connectivity index is 3.07. The van der Waals surface area contributed by atoms with Crippen molar-refractivity contribution in [2.45, 2.75) is 13.3 Å². The van der Waals surface area contributed by atoms with Gasteiger partial charge in [-0.25, -0.2) is 4.79 Å². The number of anilines is 1. The molecule has 2 N–H and O–H groups in total. The molecule has 0 aliphatic carbocycles. The number of nitrogens with two attached hydrogens (primary N) is 1. The average Bonchev–Trinajstić information content (AvgIpc) is 2.41. The molecule has 0 aliphatic rings. The van der Waals surface area contributed by atoms with E-state index in [4.69, 9.17) is 5.73 Å². The number of benzene rings is 1. The van der Waals surface area contributed by atoms with Crippen molar-refractivity contribution in [3.63, 3.8) is 0 Å². The number of methoxy groups -OCH3 is 2. The summed E-state index contributed by atoms with van der Waals surface area (Å²) in [6.07, 6.45) is -0.0160. The van der Waals surface area contributed by atoms with E-state index in [0.29, 0.717) is 22.4 Å². The molecule has 0 saturated heterocycles. The zero-order valence-corrected chi connectivity index (χ0v) is 11.1. The van der Waals surface area contributed by atoms with Crippen molar-refractivity contribution in [2.75, 3.05) is 20.0 Å². The van der Waals surface area contributed by atoms with E-state index in [0.717, 1.165) is 0 Å². The third-order valence-corrected chi connectivity index (χ3v) is 2.55. The Morgan fingerprint density at radius 2 is 1.95 bits per heavy atom. The lowest BCUT2D eigenvalue weighted by atomic mass is 10.0. The summed E-state index contributed by atoms with van der Waals surface area (Å²) >= 11 is 0. The highest BCUT2D eigenvalue weighted by atomic mass is 16.5. The van der Waals surface area contributed by atoms with E-state index in [1.165, 1.54) is 14.2 Å². The highest BCUT2D eigenvalue weighted by Gasteiger charge is 2.12. The minimum absolute atomic E-state index is 0.0160. The quantitative estimate of drug-likeness (QED) is 0.493. The maximum absolute atomic E-state index is 11.6. The lowest BCUT2D eigenvalue weighted by Gasteiger charge is -2.07. The summed E-state index contributed by atoms with van der Waals surface area (Å²) in [5.74, 6) is 4.52. The first kappa shape index (κ1) is 14.6. The van der Waals surface area contributed by atoms with Gasteiger partial charge in [-0.1, -0.05) is 11.8 Å². The van der Waals surface area contributed by atoms with Crippen LogP contribution in [0.2, 0.25) is 0 Å². The van der Waals surface area contributed by atoms with Gasteiger partial charge in [0.2, 0.25) is 0 Å². The predicted molar refractivity (Wildman–Crippen MR) is 70.4 cm³/mol. The Morgan fingerprint density at radius 1 is 1.26 bits per heavy atom. The topological polar surface area (TPSA) is 78.6 Å². The number of ether oxygens (including phenoxy) is 2. The number of hydrogen-bond acceptors (Lipinski definition) is 5. The van der Waals surface area contributed by atoms with Gasteiger partial charge in [0.1, 0.15) is 6.42 Å². The summed E-state index contributed by atoms with van der Waals surface area (Å²) in [6.45, 7) is 1.73. The second kappa shape index (κ2) is 6.45. The molecule has 19 heavy (non-hydrogen) atoms. The van der Waals surface area contributed by atoms with Gasteiger partial charge in [-0.15, -0.1) is 0 Å². The predicted octanol–water partition coefficient (Wildman–Crippen LogP) is 1.28. The first-order valence-corrected chi connectivity index (χ1v) is 5.53. The maximum Gasteiger partial charge on any atom is 0.338 e. The van der Waals surface area contributed by atoms with Crippen molar-refractivity contribution >= 4 is 17.6 Å². The van der Waals surface area contributed by atoms with E-state index >= 15 is 0 Å². The Labute approximate surface area is 111 Å². The van der Waals surface area contributed by atoms with Crippen LogP contribution in [-0.4, -0.2) is 26.2 Å². The molecule has 0 fully saturated rings. The van der Waals surface area contributed by atoms with Crippen LogP contribution in [0.25, 0.3) is 0 Å². The van der Waals surface area contributed by atoms with Crippen LogP contribution in [-0.2, 0) is 14.3 Å². The van der Waals surface area contributed by atoms with Crippen LogP contribution in [0.1, 0.15) is 27.9 Å². The van der Waals surface area contributed by atoms with Crippen molar-refractivity contribution in [1.29, 1.82) is 0 Å². The van der Waals surface area contributed by atoms with Crippen LogP contribution in [0, 0.1) is 18.8 Å². The Kier molecular flexibility index (Phi) is 4.95. The molecular formula is C14H15NO4. The van der Waals surface area contributed by atoms with E-state index in [2.05, 4.69) is 21.3 Å². The summed E-state index contributed by atoms with van der Waals surface area (Å²) < 4.78 is 9.14. The van der Waals surface area contributed by atoms with Gasteiger partial charge in [0.25, 0.3) is 0 Å². The Bertz CT molecular complexity index is 567. The monoisotopic (exact) mass is 261 g/mol. The van der Waals surface area contributed by atoms with Gasteiger partial charge < -0.3 is 15.2 Å². The van der Waals surface area contributed by atoms with Crippen LogP contribution in [0.5, 0.6) is 0 Å². The molecule has 0 unspecified atom stereocenters. The van der Waals surface area contributed by atoms with Gasteiger partial charge in [0.05, 0.1) is 19.8 Å². The molecular weight excluding hydrogens is 246 g/mol. The zero-order chi connectivity index (χ0) is 14.4. The molecule has 0 amide bonds. The highest BCUT2D eigenvalue weighted by Crippen LogP contribution is 2.19. The molecule has 1 rings (SSSR count). The first-order chi connectivity index (χ1) is 8.99. The minimum Gasteiger partial charge on any atom is -0.468 e. The maximum atomic E-state index is 11.6. The van der Waals surface area contributed by atoms with Crippen molar-refractivity contribution in [3.05, 3.63) is 28.8 Å². The van der Waals surface area contributed by atoms with Gasteiger partial charge >= 0.3 is 11.9 Å². The second-order valence-corrected chi connectivity index (χ2v) is 3.78. The van der Waals surface area contributed by atoms with Crippen LogP contribution in [0.4, 0.5) is 5.69 Å². The van der Waals surface area contributed by atoms with Crippen LogP contribution >= 0.6 is 0 Å². The van der Waals surface area contributed by atoms with E-state index in [9.17, 15) is 9.59 Å². The van der Waals surface area contributed by atoms with Crippen LogP contribution in [0.3, 0.4) is 0 Å². The van der Waals surface area contributed by atoms with Crippen molar-refractivity contribution < 1.29 is 19.1 Å². The molecule has 100 valence electrons. The van der Waals surface area contributed by atoms with E-state index < -0.39 is 11.9 Å². The molecule has 1 aromatic carbocycles. The molecule has 0 radical (unpaired) electrons. The van der Waals surface area contributed by atoms with E-state index in [-0.39, 0.29) is 6.42 Å². The Morgan fingerprint density at radius 3 is 2.53 bits per heavy atom. The summed E-state index contributed by atoms with van der Waals surface area (Å²) in [6, 6.07) is 3.23. The fourth-order valence-electron chi connectivity index (χ4n) is 1.42. The van der Waals surface area contributed by atoms with E-state index in [1.54, 1.807) is 19.1 Å². The number of carbonyl (C=O) groups is 2. The third kappa shape index (κ3) is 3.75. The molecule has 0 aliphatic heterocycles. The van der Waals surface area contributed by atoms with Gasteiger partial charge in [0, 0.05) is 11.3 Å². The first-order valence-electron chi connectivity index (χ1n) is 5.53. The molecule has 1 aromatic rings. The summed E-state index contributed by atoms with van der Waals surface area (Å²) in [7, 11) is 2.59. The molecule has 0 aromatic heterocycles. The van der Waals surface area contributed by atoms with Crippen LogP contribution in [0.15, 0.2) is 12.1 Å². The van der Waals surface area contributed by atoms with Crippen molar-refractivity contribution in [2.24, 2.45) is 0 Å². The summed E-state index contributed by atoms with van der Waals surface area (Å²) in [4.78, 5) is 22.5. The van der Waals surface area contributed by atoms with Gasteiger partial charge in [0.15, 0.2) is 0 Å². The fraction of sp³-hybridized carbons (Fsp3) is 0.286.